The van der Waals surface area contributed by atoms with Crippen LogP contribution in [0.4, 0.5) is 4.79 Å². The van der Waals surface area contributed by atoms with Crippen LogP contribution in [0.5, 0.6) is 0 Å². The molecule has 0 saturated carbocycles. The summed E-state index contributed by atoms with van der Waals surface area (Å²) in [5.41, 5.74) is 1.62. The average Bonchev–Trinajstić information content (AvgIpc) is 3.16. The molecule has 0 radical (unpaired) electrons. The number of carboxylic acids is 1. The molecule has 6 nitrogen and oxygen atoms in total. The van der Waals surface area contributed by atoms with Crippen LogP contribution in [0.2, 0.25) is 0 Å². The molecule has 1 aliphatic rings. The Morgan fingerprint density at radius 3 is 2.60 bits per heavy atom. The van der Waals surface area contributed by atoms with Crippen molar-refractivity contribution in [1.29, 1.82) is 0 Å². The fourth-order valence-electron chi connectivity index (χ4n) is 2.37. The van der Waals surface area contributed by atoms with Crippen molar-refractivity contribution in [1.82, 2.24) is 9.47 Å². The molecule has 0 bridgehead atoms. The zero-order valence-corrected chi connectivity index (χ0v) is 13.7. The molecule has 1 saturated heterocycles. The number of hydrogen-bond acceptors (Lipinski definition) is 4. The van der Waals surface area contributed by atoms with Gasteiger partial charge in [0.05, 0.1) is 17.0 Å². The fraction of sp³-hybridized carbons (Fsp3) is 0.0556. The zero-order chi connectivity index (χ0) is 18.0. The number of rotatable bonds is 4. The lowest BCUT2D eigenvalue weighted by Crippen LogP contribution is -2.28. The monoisotopic (exact) mass is 352 g/mol. The lowest BCUT2D eigenvalue weighted by atomic mass is 10.2. The standard InChI is InChI=1S/C18H12N2O4S/c1-2-9-20-16(21)15(25-18(20)24)11-14-4-3-10-19(14)13-7-5-12(6-8-13)17(22)23/h1,3-8,10-11H,9H2,(H,22,23)/b15-11+. The maximum Gasteiger partial charge on any atom is 0.335 e. The van der Waals surface area contributed by atoms with Crippen LogP contribution in [0.1, 0.15) is 16.1 Å². The van der Waals surface area contributed by atoms with Gasteiger partial charge in [-0.3, -0.25) is 14.5 Å². The maximum absolute atomic E-state index is 12.2. The highest BCUT2D eigenvalue weighted by Gasteiger charge is 2.34. The number of terminal acetylenes is 1. The molecule has 1 fully saturated rings. The summed E-state index contributed by atoms with van der Waals surface area (Å²) in [6, 6.07) is 9.93. The number of hydrogen-bond donors (Lipinski definition) is 1. The number of imide groups is 1. The number of nitrogens with zero attached hydrogens (tertiary/aromatic N) is 2. The van der Waals surface area contributed by atoms with Crippen molar-refractivity contribution in [2.45, 2.75) is 0 Å². The van der Waals surface area contributed by atoms with Gasteiger partial charge in [-0.25, -0.2) is 4.79 Å². The normalized spacial score (nSPS) is 15.6. The molecule has 25 heavy (non-hydrogen) atoms. The summed E-state index contributed by atoms with van der Waals surface area (Å²) >= 11 is 0.842. The van der Waals surface area contributed by atoms with Crippen molar-refractivity contribution in [3.8, 4) is 18.0 Å². The minimum absolute atomic E-state index is 0.0559. The second-order valence-electron chi connectivity index (χ2n) is 5.13. The van der Waals surface area contributed by atoms with Gasteiger partial charge in [-0.2, -0.15) is 0 Å². The Hall–Kier alpha value is -3.24. The Kier molecular flexibility index (Phi) is 4.46. The SMILES string of the molecule is C#CCN1C(=O)S/C(=C/c2cccn2-c2ccc(C(=O)O)cc2)C1=O. The molecule has 1 N–H and O–H groups in total. The van der Waals surface area contributed by atoms with Crippen LogP contribution in [0.25, 0.3) is 11.8 Å². The topological polar surface area (TPSA) is 79.6 Å². The third-order valence-corrected chi connectivity index (χ3v) is 4.48. The maximum atomic E-state index is 12.2. The molecular formula is C18H12N2O4S. The number of benzene rings is 1. The molecule has 1 aliphatic heterocycles. The third-order valence-electron chi connectivity index (χ3n) is 3.57. The van der Waals surface area contributed by atoms with E-state index in [0.717, 1.165) is 22.3 Å². The summed E-state index contributed by atoms with van der Waals surface area (Å²) in [5, 5.41) is 8.58. The quantitative estimate of drug-likeness (QED) is 0.676. The first-order valence-corrected chi connectivity index (χ1v) is 8.03. The van der Waals surface area contributed by atoms with E-state index in [9.17, 15) is 14.4 Å². The lowest BCUT2D eigenvalue weighted by Gasteiger charge is -2.08. The molecule has 0 unspecified atom stereocenters. The average molecular weight is 352 g/mol. The second kappa shape index (κ2) is 6.71. The van der Waals surface area contributed by atoms with Crippen LogP contribution in [-0.2, 0) is 4.79 Å². The number of amides is 2. The van der Waals surface area contributed by atoms with Gasteiger partial charge < -0.3 is 9.67 Å². The van der Waals surface area contributed by atoms with Crippen LogP contribution < -0.4 is 0 Å². The number of thioether (sulfide) groups is 1. The van der Waals surface area contributed by atoms with E-state index in [1.165, 1.54) is 12.1 Å². The summed E-state index contributed by atoms with van der Waals surface area (Å²) in [5.74, 6) is 0.879. The minimum atomic E-state index is -0.999. The molecule has 7 heteroatoms. The predicted molar refractivity (Wildman–Crippen MR) is 94.2 cm³/mol. The Morgan fingerprint density at radius 1 is 1.24 bits per heavy atom. The highest BCUT2D eigenvalue weighted by Crippen LogP contribution is 2.32. The zero-order valence-electron chi connectivity index (χ0n) is 12.9. The number of carbonyl (C=O) groups excluding carboxylic acids is 2. The van der Waals surface area contributed by atoms with E-state index in [1.54, 1.807) is 41.1 Å². The van der Waals surface area contributed by atoms with Crippen LogP contribution in [0.15, 0.2) is 47.5 Å². The summed E-state index contributed by atoms with van der Waals surface area (Å²) in [4.78, 5) is 36.3. The molecule has 1 aromatic heterocycles. The highest BCUT2D eigenvalue weighted by atomic mass is 32.2. The molecule has 0 aliphatic carbocycles. The van der Waals surface area contributed by atoms with E-state index in [0.29, 0.717) is 10.6 Å². The number of aromatic nitrogens is 1. The first kappa shape index (κ1) is 16.6. The van der Waals surface area contributed by atoms with Gasteiger partial charge in [0.15, 0.2) is 0 Å². The van der Waals surface area contributed by atoms with Crippen LogP contribution in [-0.4, -0.2) is 38.2 Å². The van der Waals surface area contributed by atoms with Crippen molar-refractivity contribution >= 4 is 35.0 Å². The molecule has 3 rings (SSSR count). The molecule has 2 aromatic rings. The van der Waals surface area contributed by atoms with Gasteiger partial charge in [-0.05, 0) is 54.2 Å². The molecule has 2 amide bonds. The van der Waals surface area contributed by atoms with Crippen molar-refractivity contribution in [2.75, 3.05) is 6.54 Å². The Balaban J connectivity index is 1.92. The van der Waals surface area contributed by atoms with Crippen molar-refractivity contribution in [3.63, 3.8) is 0 Å². The van der Waals surface area contributed by atoms with Crippen LogP contribution in [0, 0.1) is 12.3 Å². The van der Waals surface area contributed by atoms with Gasteiger partial charge in [0.25, 0.3) is 11.1 Å². The molecular weight excluding hydrogens is 340 g/mol. The van der Waals surface area contributed by atoms with Crippen molar-refractivity contribution in [2.24, 2.45) is 0 Å². The van der Waals surface area contributed by atoms with E-state index in [2.05, 4.69) is 5.92 Å². The van der Waals surface area contributed by atoms with E-state index in [4.69, 9.17) is 11.5 Å². The van der Waals surface area contributed by atoms with Gasteiger partial charge in [-0.1, -0.05) is 5.92 Å². The second-order valence-corrected chi connectivity index (χ2v) is 6.12. The molecule has 0 atom stereocenters. The van der Waals surface area contributed by atoms with Gasteiger partial charge in [0.1, 0.15) is 0 Å². The van der Waals surface area contributed by atoms with Gasteiger partial charge in [0.2, 0.25) is 0 Å². The molecule has 1 aromatic carbocycles. The summed E-state index contributed by atoms with van der Waals surface area (Å²) in [6.45, 7) is -0.0559. The Bertz CT molecular complexity index is 935. The van der Waals surface area contributed by atoms with Crippen LogP contribution in [0.3, 0.4) is 0 Å². The van der Waals surface area contributed by atoms with E-state index in [1.807, 2.05) is 0 Å². The smallest absolute Gasteiger partial charge is 0.335 e. The highest BCUT2D eigenvalue weighted by molar-refractivity contribution is 8.18. The van der Waals surface area contributed by atoms with Crippen molar-refractivity contribution < 1.29 is 19.5 Å². The van der Waals surface area contributed by atoms with Gasteiger partial charge >= 0.3 is 5.97 Å². The minimum Gasteiger partial charge on any atom is -0.478 e. The van der Waals surface area contributed by atoms with Crippen LogP contribution >= 0.6 is 11.8 Å². The third kappa shape index (κ3) is 3.20. The summed E-state index contributed by atoms with van der Waals surface area (Å²) in [6.07, 6.45) is 8.58. The first-order valence-electron chi connectivity index (χ1n) is 7.21. The number of carboxylic acid groups (broad SMARTS) is 1. The van der Waals surface area contributed by atoms with Gasteiger partial charge in [0, 0.05) is 17.6 Å². The van der Waals surface area contributed by atoms with E-state index < -0.39 is 17.1 Å². The summed E-state index contributed by atoms with van der Waals surface area (Å²) < 4.78 is 1.79. The Labute approximate surface area is 147 Å². The molecule has 2 heterocycles. The predicted octanol–water partition coefficient (Wildman–Crippen LogP) is 2.85. The number of aromatic carboxylic acids is 1. The Morgan fingerprint density at radius 2 is 1.96 bits per heavy atom. The first-order chi connectivity index (χ1) is 12.0. The number of carbonyl (C=O) groups is 3. The summed E-state index contributed by atoms with van der Waals surface area (Å²) in [7, 11) is 0. The van der Waals surface area contributed by atoms with Crippen molar-refractivity contribution in [3.05, 3.63) is 58.8 Å². The molecule has 0 spiro atoms. The fourth-order valence-corrected chi connectivity index (χ4v) is 3.20. The molecule has 124 valence electrons. The largest absolute Gasteiger partial charge is 0.478 e. The van der Waals surface area contributed by atoms with Gasteiger partial charge in [-0.15, -0.1) is 6.42 Å². The lowest BCUT2D eigenvalue weighted by molar-refractivity contribution is -0.122. The van der Waals surface area contributed by atoms with E-state index >= 15 is 0 Å². The van der Waals surface area contributed by atoms with E-state index in [-0.39, 0.29) is 12.1 Å².